The van der Waals surface area contributed by atoms with E-state index in [1.54, 1.807) is 24.3 Å². The first-order valence-corrected chi connectivity index (χ1v) is 8.88. The first-order chi connectivity index (χ1) is 13.8. The van der Waals surface area contributed by atoms with Gasteiger partial charge >= 0.3 is 0 Å². The monoisotopic (exact) mass is 389 g/mol. The van der Waals surface area contributed by atoms with Crippen molar-refractivity contribution in [1.82, 2.24) is 0 Å². The van der Waals surface area contributed by atoms with Crippen molar-refractivity contribution in [1.29, 1.82) is 0 Å². The molecule has 7 nitrogen and oxygen atoms in total. The molecule has 0 radical (unpaired) electrons. The lowest BCUT2D eigenvalue weighted by Gasteiger charge is -2.12. The molecule has 0 saturated heterocycles. The average molecular weight is 389 g/mol. The molecule has 0 atom stereocenters. The number of nitrogens with one attached hydrogen (secondary N) is 2. The summed E-state index contributed by atoms with van der Waals surface area (Å²) in [7, 11) is 0. The van der Waals surface area contributed by atoms with Gasteiger partial charge in [0, 0.05) is 23.4 Å². The van der Waals surface area contributed by atoms with Crippen LogP contribution in [0.25, 0.3) is 0 Å². The lowest BCUT2D eigenvalue weighted by atomic mass is 10.1. The van der Waals surface area contributed by atoms with Crippen LogP contribution in [0.3, 0.4) is 0 Å². The van der Waals surface area contributed by atoms with Crippen molar-refractivity contribution < 1.29 is 14.5 Å². The summed E-state index contributed by atoms with van der Waals surface area (Å²) < 4.78 is 0. The SMILES string of the molecule is Cc1ccc(NC(=O)c2ccccc2NC(=O)c2cccc([N+](=O)[O-])c2)cc1C. The molecular weight excluding hydrogens is 370 g/mol. The van der Waals surface area contributed by atoms with Crippen molar-refractivity contribution in [2.24, 2.45) is 0 Å². The van der Waals surface area contributed by atoms with Crippen molar-refractivity contribution in [3.05, 3.63) is 99.1 Å². The number of para-hydroxylation sites is 1. The Balaban J connectivity index is 1.82. The van der Waals surface area contributed by atoms with Gasteiger partial charge in [0.25, 0.3) is 17.5 Å². The molecule has 2 N–H and O–H groups in total. The highest BCUT2D eigenvalue weighted by atomic mass is 16.6. The van der Waals surface area contributed by atoms with Crippen LogP contribution in [0.4, 0.5) is 17.1 Å². The Bertz CT molecular complexity index is 1110. The predicted molar refractivity (Wildman–Crippen MR) is 111 cm³/mol. The standard InChI is InChI=1S/C22H19N3O4/c1-14-10-11-17(12-15(14)2)23-22(27)19-8-3-4-9-20(19)24-21(26)16-6-5-7-18(13-16)25(28)29/h3-13H,1-2H3,(H,23,27)(H,24,26). The molecule has 0 heterocycles. The van der Waals surface area contributed by atoms with E-state index >= 15 is 0 Å². The summed E-state index contributed by atoms with van der Waals surface area (Å²) in [6.45, 7) is 3.94. The smallest absolute Gasteiger partial charge is 0.270 e. The van der Waals surface area contributed by atoms with Gasteiger partial charge in [-0.15, -0.1) is 0 Å². The summed E-state index contributed by atoms with van der Waals surface area (Å²) in [6.07, 6.45) is 0. The first kappa shape index (κ1) is 19.8. The van der Waals surface area contributed by atoms with Crippen molar-refractivity contribution >= 4 is 28.9 Å². The molecule has 3 aromatic rings. The van der Waals surface area contributed by atoms with Crippen molar-refractivity contribution in [2.45, 2.75) is 13.8 Å². The summed E-state index contributed by atoms with van der Waals surface area (Å²) in [4.78, 5) is 35.6. The maximum absolute atomic E-state index is 12.7. The number of hydrogen-bond acceptors (Lipinski definition) is 4. The second kappa shape index (κ2) is 8.35. The number of anilines is 2. The van der Waals surface area contributed by atoms with Crippen LogP contribution in [0.5, 0.6) is 0 Å². The summed E-state index contributed by atoms with van der Waals surface area (Å²) in [5.41, 5.74) is 3.36. The van der Waals surface area contributed by atoms with Crippen LogP contribution in [0, 0.1) is 24.0 Å². The minimum absolute atomic E-state index is 0.128. The second-order valence-corrected chi connectivity index (χ2v) is 6.56. The fourth-order valence-corrected chi connectivity index (χ4v) is 2.76. The Morgan fingerprint density at radius 1 is 0.828 bits per heavy atom. The van der Waals surface area contributed by atoms with Crippen LogP contribution in [-0.2, 0) is 0 Å². The highest BCUT2D eigenvalue weighted by Crippen LogP contribution is 2.21. The van der Waals surface area contributed by atoms with Crippen molar-refractivity contribution in [2.75, 3.05) is 10.6 Å². The number of aryl methyl sites for hydroxylation is 2. The predicted octanol–water partition coefficient (Wildman–Crippen LogP) is 4.72. The van der Waals surface area contributed by atoms with E-state index in [1.807, 2.05) is 32.0 Å². The number of benzene rings is 3. The third kappa shape index (κ3) is 4.65. The van der Waals surface area contributed by atoms with E-state index in [0.717, 1.165) is 11.1 Å². The summed E-state index contributed by atoms with van der Waals surface area (Å²) in [5, 5.41) is 16.4. The molecule has 3 rings (SSSR count). The number of rotatable bonds is 5. The van der Waals surface area contributed by atoms with Gasteiger partial charge in [0.1, 0.15) is 0 Å². The number of nitrogens with zero attached hydrogens (tertiary/aromatic N) is 1. The minimum atomic E-state index is -0.568. The molecule has 0 unspecified atom stereocenters. The maximum Gasteiger partial charge on any atom is 0.270 e. The topological polar surface area (TPSA) is 101 Å². The Morgan fingerprint density at radius 2 is 1.59 bits per heavy atom. The zero-order valence-corrected chi connectivity index (χ0v) is 15.9. The lowest BCUT2D eigenvalue weighted by molar-refractivity contribution is -0.384. The Labute approximate surface area is 167 Å². The molecule has 0 aromatic heterocycles. The quantitative estimate of drug-likeness (QED) is 0.487. The largest absolute Gasteiger partial charge is 0.322 e. The second-order valence-electron chi connectivity index (χ2n) is 6.56. The molecule has 3 aromatic carbocycles. The fourth-order valence-electron chi connectivity index (χ4n) is 2.76. The molecule has 0 bridgehead atoms. The Morgan fingerprint density at radius 3 is 2.31 bits per heavy atom. The number of carbonyl (C=O) groups is 2. The van der Waals surface area contributed by atoms with Gasteiger partial charge in [-0.05, 0) is 55.3 Å². The number of nitro groups is 1. The van der Waals surface area contributed by atoms with Crippen LogP contribution in [0.15, 0.2) is 66.7 Å². The molecule has 7 heteroatoms. The molecule has 146 valence electrons. The molecule has 0 fully saturated rings. The van der Waals surface area contributed by atoms with E-state index < -0.39 is 10.8 Å². The normalized spacial score (nSPS) is 10.3. The molecule has 0 aliphatic rings. The van der Waals surface area contributed by atoms with E-state index in [0.29, 0.717) is 11.4 Å². The van der Waals surface area contributed by atoms with Gasteiger partial charge in [-0.1, -0.05) is 24.3 Å². The van der Waals surface area contributed by atoms with E-state index in [2.05, 4.69) is 10.6 Å². The third-order valence-electron chi connectivity index (χ3n) is 4.50. The van der Waals surface area contributed by atoms with Crippen LogP contribution >= 0.6 is 0 Å². The molecule has 0 spiro atoms. The van der Waals surface area contributed by atoms with Gasteiger partial charge in [0.05, 0.1) is 16.2 Å². The zero-order valence-electron chi connectivity index (χ0n) is 15.9. The van der Waals surface area contributed by atoms with Gasteiger partial charge in [-0.25, -0.2) is 0 Å². The molecule has 0 aliphatic heterocycles. The first-order valence-electron chi connectivity index (χ1n) is 8.88. The van der Waals surface area contributed by atoms with Gasteiger partial charge in [-0.2, -0.15) is 0 Å². The van der Waals surface area contributed by atoms with E-state index in [9.17, 15) is 19.7 Å². The number of nitro benzene ring substituents is 1. The maximum atomic E-state index is 12.7. The highest BCUT2D eigenvalue weighted by molar-refractivity contribution is 6.12. The average Bonchev–Trinajstić information content (AvgIpc) is 2.71. The summed E-state index contributed by atoms with van der Waals surface area (Å²) in [6, 6.07) is 17.6. The minimum Gasteiger partial charge on any atom is -0.322 e. The Hall–Kier alpha value is -4.00. The molecular formula is C22H19N3O4. The van der Waals surface area contributed by atoms with Crippen molar-refractivity contribution in [3.63, 3.8) is 0 Å². The van der Waals surface area contributed by atoms with E-state index in [-0.39, 0.29) is 22.7 Å². The fraction of sp³-hybridized carbons (Fsp3) is 0.0909. The number of amides is 2. The van der Waals surface area contributed by atoms with Gasteiger partial charge < -0.3 is 10.6 Å². The van der Waals surface area contributed by atoms with E-state index in [1.165, 1.54) is 24.3 Å². The van der Waals surface area contributed by atoms with Crippen LogP contribution in [0.2, 0.25) is 0 Å². The van der Waals surface area contributed by atoms with Gasteiger partial charge in [0.2, 0.25) is 0 Å². The third-order valence-corrected chi connectivity index (χ3v) is 4.50. The van der Waals surface area contributed by atoms with Crippen LogP contribution in [0.1, 0.15) is 31.8 Å². The lowest BCUT2D eigenvalue weighted by Crippen LogP contribution is -2.18. The molecule has 0 saturated carbocycles. The molecule has 0 aliphatic carbocycles. The van der Waals surface area contributed by atoms with Gasteiger partial charge in [0.15, 0.2) is 0 Å². The van der Waals surface area contributed by atoms with Gasteiger partial charge in [-0.3, -0.25) is 19.7 Å². The highest BCUT2D eigenvalue weighted by Gasteiger charge is 2.16. The summed E-state index contributed by atoms with van der Waals surface area (Å²) in [5.74, 6) is -0.914. The van der Waals surface area contributed by atoms with Crippen LogP contribution < -0.4 is 10.6 Å². The number of hydrogen-bond donors (Lipinski definition) is 2. The number of non-ortho nitro benzene ring substituents is 1. The van der Waals surface area contributed by atoms with E-state index in [4.69, 9.17) is 0 Å². The van der Waals surface area contributed by atoms with Crippen molar-refractivity contribution in [3.8, 4) is 0 Å². The number of carbonyl (C=O) groups excluding carboxylic acids is 2. The van der Waals surface area contributed by atoms with Crippen LogP contribution in [-0.4, -0.2) is 16.7 Å². The molecule has 29 heavy (non-hydrogen) atoms. The molecule has 2 amide bonds. The zero-order chi connectivity index (χ0) is 21.0. The Kier molecular flexibility index (Phi) is 5.69. The summed E-state index contributed by atoms with van der Waals surface area (Å²) >= 11 is 0.